The fraction of sp³-hybridized carbons (Fsp3) is 0.667. The van der Waals surface area contributed by atoms with Gasteiger partial charge in [0.2, 0.25) is 0 Å². The maximum absolute atomic E-state index is 10.3. The van der Waals surface area contributed by atoms with Crippen molar-refractivity contribution in [3.63, 3.8) is 0 Å². The standard InChI is InChI=1S/C18H27NO2/c1-12(2)21-16-9-7-13(8-10-16)17(20)11-19-18(14-3-4-14)15-5-6-15/h7-10,12,14-15,17-20H,3-6,11H2,1-2H3. The summed E-state index contributed by atoms with van der Waals surface area (Å²) in [5.74, 6) is 2.60. The molecule has 21 heavy (non-hydrogen) atoms. The van der Waals surface area contributed by atoms with Gasteiger partial charge in [-0.15, -0.1) is 0 Å². The lowest BCUT2D eigenvalue weighted by Gasteiger charge is -2.20. The van der Waals surface area contributed by atoms with E-state index in [1.165, 1.54) is 25.7 Å². The van der Waals surface area contributed by atoms with Crippen molar-refractivity contribution in [3.8, 4) is 5.75 Å². The van der Waals surface area contributed by atoms with Gasteiger partial charge in [0.25, 0.3) is 0 Å². The SMILES string of the molecule is CC(C)Oc1ccc(C(O)CNC(C2CC2)C2CC2)cc1. The Morgan fingerprint density at radius 2 is 1.67 bits per heavy atom. The summed E-state index contributed by atoms with van der Waals surface area (Å²) < 4.78 is 5.63. The number of hydrogen-bond acceptors (Lipinski definition) is 3. The van der Waals surface area contributed by atoms with Crippen molar-refractivity contribution < 1.29 is 9.84 Å². The molecule has 0 radical (unpaired) electrons. The van der Waals surface area contributed by atoms with Gasteiger partial charge in [-0.1, -0.05) is 12.1 Å². The Balaban J connectivity index is 1.51. The van der Waals surface area contributed by atoms with Crippen molar-refractivity contribution in [2.45, 2.75) is 57.8 Å². The van der Waals surface area contributed by atoms with Crippen molar-refractivity contribution in [3.05, 3.63) is 29.8 Å². The Morgan fingerprint density at radius 1 is 1.10 bits per heavy atom. The van der Waals surface area contributed by atoms with Crippen LogP contribution in [-0.4, -0.2) is 23.8 Å². The Morgan fingerprint density at radius 3 is 2.14 bits per heavy atom. The number of rotatable bonds is 8. The van der Waals surface area contributed by atoms with Gasteiger partial charge in [-0.25, -0.2) is 0 Å². The third-order valence-electron chi connectivity index (χ3n) is 4.44. The highest BCUT2D eigenvalue weighted by molar-refractivity contribution is 5.28. The summed E-state index contributed by atoms with van der Waals surface area (Å²) in [6.07, 6.45) is 5.21. The predicted molar refractivity (Wildman–Crippen MR) is 84.4 cm³/mol. The van der Waals surface area contributed by atoms with E-state index in [1.54, 1.807) is 0 Å². The lowest BCUT2D eigenvalue weighted by molar-refractivity contribution is 0.165. The van der Waals surface area contributed by atoms with Crippen LogP contribution >= 0.6 is 0 Å². The molecular weight excluding hydrogens is 262 g/mol. The zero-order chi connectivity index (χ0) is 14.8. The van der Waals surface area contributed by atoms with E-state index in [2.05, 4.69) is 5.32 Å². The van der Waals surface area contributed by atoms with Crippen LogP contribution in [0.25, 0.3) is 0 Å². The summed E-state index contributed by atoms with van der Waals surface area (Å²) >= 11 is 0. The first-order chi connectivity index (χ1) is 10.1. The molecule has 2 N–H and O–H groups in total. The number of ether oxygens (including phenoxy) is 1. The number of aliphatic hydroxyl groups excluding tert-OH is 1. The minimum atomic E-state index is -0.432. The maximum atomic E-state index is 10.3. The molecule has 1 unspecified atom stereocenters. The fourth-order valence-electron chi connectivity index (χ4n) is 3.04. The minimum Gasteiger partial charge on any atom is -0.491 e. The van der Waals surface area contributed by atoms with Crippen molar-refractivity contribution in [2.24, 2.45) is 11.8 Å². The van der Waals surface area contributed by atoms with E-state index in [-0.39, 0.29) is 6.10 Å². The monoisotopic (exact) mass is 289 g/mol. The number of aliphatic hydroxyl groups is 1. The van der Waals surface area contributed by atoms with Crippen LogP contribution < -0.4 is 10.1 Å². The van der Waals surface area contributed by atoms with E-state index in [9.17, 15) is 5.11 Å². The van der Waals surface area contributed by atoms with Gasteiger partial charge in [-0.2, -0.15) is 0 Å². The first-order valence-corrected chi connectivity index (χ1v) is 8.31. The second-order valence-electron chi connectivity index (χ2n) is 6.86. The van der Waals surface area contributed by atoms with Crippen LogP contribution in [0.2, 0.25) is 0 Å². The average Bonchev–Trinajstić information content (AvgIpc) is 3.33. The summed E-state index contributed by atoms with van der Waals surface area (Å²) in [5.41, 5.74) is 0.962. The highest BCUT2D eigenvalue weighted by Gasteiger charge is 2.41. The second-order valence-corrected chi connectivity index (χ2v) is 6.86. The number of benzene rings is 1. The van der Waals surface area contributed by atoms with Crippen LogP contribution in [0.15, 0.2) is 24.3 Å². The highest BCUT2D eigenvalue weighted by Crippen LogP contribution is 2.44. The molecule has 3 heteroatoms. The molecule has 116 valence electrons. The molecular formula is C18H27NO2. The molecule has 0 amide bonds. The van der Waals surface area contributed by atoms with E-state index >= 15 is 0 Å². The molecule has 0 heterocycles. The van der Waals surface area contributed by atoms with Gasteiger partial charge in [-0.05, 0) is 69.1 Å². The van der Waals surface area contributed by atoms with Crippen LogP contribution in [-0.2, 0) is 0 Å². The van der Waals surface area contributed by atoms with Gasteiger partial charge in [0.05, 0.1) is 12.2 Å². The van der Waals surface area contributed by atoms with E-state index in [1.807, 2.05) is 38.1 Å². The Kier molecular flexibility index (Phi) is 4.51. The van der Waals surface area contributed by atoms with Gasteiger partial charge < -0.3 is 15.2 Å². The molecule has 3 nitrogen and oxygen atoms in total. The van der Waals surface area contributed by atoms with Crippen LogP contribution in [0.5, 0.6) is 5.75 Å². The maximum Gasteiger partial charge on any atom is 0.119 e. The zero-order valence-electron chi connectivity index (χ0n) is 13.1. The largest absolute Gasteiger partial charge is 0.491 e. The number of hydrogen-bond donors (Lipinski definition) is 2. The van der Waals surface area contributed by atoms with Crippen LogP contribution in [0.4, 0.5) is 0 Å². The highest BCUT2D eigenvalue weighted by atomic mass is 16.5. The quantitative estimate of drug-likeness (QED) is 0.771. The predicted octanol–water partition coefficient (Wildman–Crippen LogP) is 3.29. The fourth-order valence-corrected chi connectivity index (χ4v) is 3.04. The molecule has 1 aromatic carbocycles. The topological polar surface area (TPSA) is 41.5 Å². The van der Waals surface area contributed by atoms with Crippen molar-refractivity contribution in [2.75, 3.05) is 6.54 Å². The molecule has 2 saturated carbocycles. The van der Waals surface area contributed by atoms with Crippen LogP contribution in [0.1, 0.15) is 51.2 Å². The van der Waals surface area contributed by atoms with Crippen molar-refractivity contribution in [1.29, 1.82) is 0 Å². The normalized spacial score (nSPS) is 20.0. The van der Waals surface area contributed by atoms with E-state index in [4.69, 9.17) is 4.74 Å². The van der Waals surface area contributed by atoms with Crippen molar-refractivity contribution >= 4 is 0 Å². The Bertz CT molecular complexity index is 437. The van der Waals surface area contributed by atoms with E-state index < -0.39 is 6.10 Å². The first-order valence-electron chi connectivity index (χ1n) is 8.31. The number of nitrogens with one attached hydrogen (secondary N) is 1. The molecule has 2 fully saturated rings. The summed E-state index contributed by atoms with van der Waals surface area (Å²) in [5, 5.41) is 14.0. The zero-order valence-corrected chi connectivity index (χ0v) is 13.1. The molecule has 1 atom stereocenters. The smallest absolute Gasteiger partial charge is 0.119 e. The van der Waals surface area contributed by atoms with Crippen LogP contribution in [0.3, 0.4) is 0 Å². The first kappa shape index (κ1) is 14.9. The van der Waals surface area contributed by atoms with Gasteiger partial charge in [-0.3, -0.25) is 0 Å². The van der Waals surface area contributed by atoms with Gasteiger partial charge in [0.1, 0.15) is 5.75 Å². The molecule has 0 saturated heterocycles. The summed E-state index contributed by atoms with van der Waals surface area (Å²) in [6, 6.07) is 8.46. The molecule has 2 aliphatic carbocycles. The lowest BCUT2D eigenvalue weighted by Crippen LogP contribution is -2.36. The lowest BCUT2D eigenvalue weighted by atomic mass is 10.1. The van der Waals surface area contributed by atoms with E-state index in [0.717, 1.165) is 23.1 Å². The summed E-state index contributed by atoms with van der Waals surface area (Å²) in [6.45, 7) is 4.69. The Hall–Kier alpha value is -1.06. The minimum absolute atomic E-state index is 0.181. The third kappa shape index (κ3) is 4.21. The molecule has 0 aromatic heterocycles. The van der Waals surface area contributed by atoms with Crippen molar-refractivity contribution in [1.82, 2.24) is 5.32 Å². The van der Waals surface area contributed by atoms with Crippen LogP contribution in [0, 0.1) is 11.8 Å². The summed E-state index contributed by atoms with van der Waals surface area (Å²) in [7, 11) is 0. The van der Waals surface area contributed by atoms with Gasteiger partial charge in [0.15, 0.2) is 0 Å². The molecule has 0 spiro atoms. The molecule has 0 bridgehead atoms. The third-order valence-corrected chi connectivity index (χ3v) is 4.44. The van der Waals surface area contributed by atoms with E-state index in [0.29, 0.717) is 12.6 Å². The molecule has 2 aliphatic rings. The molecule has 3 rings (SSSR count). The average molecular weight is 289 g/mol. The Labute approximate surface area is 127 Å². The van der Waals surface area contributed by atoms with Gasteiger partial charge >= 0.3 is 0 Å². The molecule has 0 aliphatic heterocycles. The summed E-state index contributed by atoms with van der Waals surface area (Å²) in [4.78, 5) is 0. The van der Waals surface area contributed by atoms with Gasteiger partial charge in [0, 0.05) is 12.6 Å². The second kappa shape index (κ2) is 6.37. The molecule has 1 aromatic rings.